The van der Waals surface area contributed by atoms with Gasteiger partial charge in [0, 0.05) is 38.7 Å². The van der Waals surface area contributed by atoms with Gasteiger partial charge in [0.05, 0.1) is 12.9 Å². The van der Waals surface area contributed by atoms with E-state index in [1.807, 2.05) is 32.9 Å². The number of allylic oxidation sites excluding steroid dienone is 1. The topological polar surface area (TPSA) is 51.5 Å². The molecule has 2 aromatic carbocycles. The van der Waals surface area contributed by atoms with Gasteiger partial charge < -0.3 is 14.5 Å². The van der Waals surface area contributed by atoms with Gasteiger partial charge in [0.1, 0.15) is 11.3 Å². The van der Waals surface area contributed by atoms with Crippen molar-refractivity contribution in [2.75, 3.05) is 6.61 Å². The fraction of sp³-hybridized carbons (Fsp3) is 0.370. The minimum atomic E-state index is -0.0333. The van der Waals surface area contributed by atoms with Gasteiger partial charge in [0.25, 0.3) is 0 Å². The van der Waals surface area contributed by atoms with Crippen LogP contribution in [-0.4, -0.2) is 18.6 Å². The molecular weight excluding hydrogens is 466 g/mol. The Morgan fingerprint density at radius 3 is 2.75 bits per heavy atom. The highest BCUT2D eigenvalue weighted by Crippen LogP contribution is 2.41. The summed E-state index contributed by atoms with van der Waals surface area (Å²) in [5, 5.41) is 4.19. The summed E-state index contributed by atoms with van der Waals surface area (Å²) in [4.78, 5) is 12.7. The Bertz CT molecular complexity index is 1160. The van der Waals surface area contributed by atoms with E-state index in [4.69, 9.17) is 9.15 Å². The molecule has 1 N–H and O–H groups in total. The zero-order valence-electron chi connectivity index (χ0n) is 19.0. The van der Waals surface area contributed by atoms with Crippen molar-refractivity contribution in [1.29, 1.82) is 0 Å². The smallest absolute Gasteiger partial charge is 0.244 e. The third-order valence-corrected chi connectivity index (χ3v) is 6.69. The second kappa shape index (κ2) is 9.95. The molecular formula is C27H30BrNO3. The van der Waals surface area contributed by atoms with Crippen molar-refractivity contribution in [2.45, 2.75) is 58.9 Å². The van der Waals surface area contributed by atoms with Gasteiger partial charge in [-0.25, -0.2) is 0 Å². The largest absolute Gasteiger partial charge is 0.493 e. The maximum atomic E-state index is 12.7. The number of rotatable bonds is 6. The van der Waals surface area contributed by atoms with E-state index in [0.717, 1.165) is 61.9 Å². The summed E-state index contributed by atoms with van der Waals surface area (Å²) < 4.78 is 13.0. The fourth-order valence-electron chi connectivity index (χ4n) is 4.58. The molecule has 32 heavy (non-hydrogen) atoms. The van der Waals surface area contributed by atoms with E-state index in [0.29, 0.717) is 6.61 Å². The molecule has 168 valence electrons. The van der Waals surface area contributed by atoms with Gasteiger partial charge in [0.15, 0.2) is 0 Å². The van der Waals surface area contributed by atoms with Gasteiger partial charge in [-0.05, 0) is 62.9 Å². The third kappa shape index (κ3) is 4.78. The van der Waals surface area contributed by atoms with Crippen molar-refractivity contribution >= 4 is 38.4 Å². The lowest BCUT2D eigenvalue weighted by atomic mass is 9.95. The molecule has 1 fully saturated rings. The van der Waals surface area contributed by atoms with Gasteiger partial charge in [0.2, 0.25) is 5.91 Å². The predicted molar refractivity (Wildman–Crippen MR) is 134 cm³/mol. The van der Waals surface area contributed by atoms with Gasteiger partial charge in [-0.2, -0.15) is 0 Å². The number of fused-ring (bicyclic) bond motifs is 1. The molecule has 0 spiro atoms. The minimum Gasteiger partial charge on any atom is -0.493 e. The first-order valence-electron chi connectivity index (χ1n) is 11.4. The van der Waals surface area contributed by atoms with Gasteiger partial charge in [-0.15, -0.1) is 0 Å². The molecule has 0 atom stereocenters. The van der Waals surface area contributed by atoms with Crippen LogP contribution in [0.5, 0.6) is 5.75 Å². The predicted octanol–water partition coefficient (Wildman–Crippen LogP) is 7.42. The van der Waals surface area contributed by atoms with Gasteiger partial charge in [-0.1, -0.05) is 47.3 Å². The SMILES string of the molecule is CCOc1c(/C(C)=C/C(=O)NC2CCCCC2)cc2c(-c3cccc(Br)c3)coc2c1C. The van der Waals surface area contributed by atoms with Crippen LogP contribution >= 0.6 is 15.9 Å². The van der Waals surface area contributed by atoms with Crippen molar-refractivity contribution in [3.05, 3.63) is 58.3 Å². The van der Waals surface area contributed by atoms with Crippen LogP contribution in [0.25, 0.3) is 27.7 Å². The number of aryl methyl sites for hydroxylation is 1. The maximum absolute atomic E-state index is 12.7. The molecule has 4 nitrogen and oxygen atoms in total. The number of benzene rings is 2. The zero-order chi connectivity index (χ0) is 22.7. The normalized spacial score (nSPS) is 15.2. The number of hydrogen-bond donors (Lipinski definition) is 1. The number of amides is 1. The number of nitrogens with one attached hydrogen (secondary N) is 1. The summed E-state index contributed by atoms with van der Waals surface area (Å²) >= 11 is 3.56. The monoisotopic (exact) mass is 495 g/mol. The fourth-order valence-corrected chi connectivity index (χ4v) is 4.98. The molecule has 0 bridgehead atoms. The molecule has 1 aromatic heterocycles. The molecule has 0 unspecified atom stereocenters. The molecule has 0 radical (unpaired) electrons. The van der Waals surface area contributed by atoms with Crippen LogP contribution in [0.2, 0.25) is 0 Å². The first kappa shape index (κ1) is 22.7. The summed E-state index contributed by atoms with van der Waals surface area (Å²) in [7, 11) is 0. The van der Waals surface area contributed by atoms with E-state index in [-0.39, 0.29) is 11.9 Å². The summed E-state index contributed by atoms with van der Waals surface area (Å²) in [6.45, 7) is 6.50. The minimum absolute atomic E-state index is 0.0333. The highest BCUT2D eigenvalue weighted by Gasteiger charge is 2.20. The van der Waals surface area contributed by atoms with Crippen molar-refractivity contribution in [2.24, 2.45) is 0 Å². The van der Waals surface area contributed by atoms with Gasteiger partial charge >= 0.3 is 0 Å². The standard InChI is InChI=1S/C27H30BrNO3/c1-4-31-26-18(3)27-23(24(16-32-27)19-9-8-10-20(28)14-19)15-22(26)17(2)13-25(30)29-21-11-6-5-7-12-21/h8-10,13-16,21H,4-7,11-12H2,1-3H3,(H,29,30)/b17-13+. The number of hydrogen-bond acceptors (Lipinski definition) is 3. The first-order valence-corrected chi connectivity index (χ1v) is 12.2. The van der Waals surface area contributed by atoms with Crippen molar-refractivity contribution in [1.82, 2.24) is 5.32 Å². The van der Waals surface area contributed by atoms with E-state index < -0.39 is 0 Å². The molecule has 4 rings (SSSR count). The van der Waals surface area contributed by atoms with Crippen molar-refractivity contribution in [3.63, 3.8) is 0 Å². The summed E-state index contributed by atoms with van der Waals surface area (Å²) in [5.74, 6) is 0.739. The van der Waals surface area contributed by atoms with Crippen LogP contribution in [0.1, 0.15) is 57.1 Å². The second-order valence-electron chi connectivity index (χ2n) is 8.52. The van der Waals surface area contributed by atoms with Crippen LogP contribution < -0.4 is 10.1 Å². The van der Waals surface area contributed by atoms with Gasteiger partial charge in [-0.3, -0.25) is 4.79 Å². The molecule has 5 heteroatoms. The van der Waals surface area contributed by atoms with Crippen LogP contribution in [0, 0.1) is 6.92 Å². The van der Waals surface area contributed by atoms with E-state index in [9.17, 15) is 4.79 Å². The van der Waals surface area contributed by atoms with E-state index in [1.54, 1.807) is 12.3 Å². The van der Waals surface area contributed by atoms with E-state index in [1.165, 1.54) is 19.3 Å². The Morgan fingerprint density at radius 1 is 1.25 bits per heavy atom. The quantitative estimate of drug-likeness (QED) is 0.361. The van der Waals surface area contributed by atoms with Crippen molar-refractivity contribution < 1.29 is 13.9 Å². The Kier molecular flexibility index (Phi) is 7.04. The van der Waals surface area contributed by atoms with Crippen LogP contribution in [0.15, 0.2) is 51.6 Å². The number of ether oxygens (including phenoxy) is 1. The van der Waals surface area contributed by atoms with Crippen LogP contribution in [0.3, 0.4) is 0 Å². The van der Waals surface area contributed by atoms with E-state index in [2.05, 4.69) is 39.4 Å². The van der Waals surface area contributed by atoms with E-state index >= 15 is 0 Å². The highest BCUT2D eigenvalue weighted by molar-refractivity contribution is 9.10. The molecule has 1 heterocycles. The number of carbonyl (C=O) groups is 1. The average Bonchev–Trinajstić information content (AvgIpc) is 3.20. The lowest BCUT2D eigenvalue weighted by Crippen LogP contribution is -2.35. The Labute approximate surface area is 198 Å². The van der Waals surface area contributed by atoms with Crippen molar-refractivity contribution in [3.8, 4) is 16.9 Å². The molecule has 1 aliphatic carbocycles. The van der Waals surface area contributed by atoms with Crippen LogP contribution in [-0.2, 0) is 4.79 Å². The molecule has 0 saturated heterocycles. The molecule has 1 aliphatic rings. The molecule has 1 saturated carbocycles. The molecule has 0 aliphatic heterocycles. The number of halogens is 1. The first-order chi connectivity index (χ1) is 15.5. The third-order valence-electron chi connectivity index (χ3n) is 6.19. The maximum Gasteiger partial charge on any atom is 0.244 e. The summed E-state index contributed by atoms with van der Waals surface area (Å²) in [6.07, 6.45) is 9.29. The Morgan fingerprint density at radius 2 is 2.03 bits per heavy atom. The zero-order valence-corrected chi connectivity index (χ0v) is 20.6. The lowest BCUT2D eigenvalue weighted by molar-refractivity contribution is -0.117. The number of carbonyl (C=O) groups excluding carboxylic acids is 1. The summed E-state index contributed by atoms with van der Waals surface area (Å²) in [6, 6.07) is 10.5. The lowest BCUT2D eigenvalue weighted by Gasteiger charge is -2.22. The average molecular weight is 496 g/mol. The highest BCUT2D eigenvalue weighted by atomic mass is 79.9. The molecule has 1 amide bonds. The van der Waals surface area contributed by atoms with Crippen LogP contribution in [0.4, 0.5) is 0 Å². The summed E-state index contributed by atoms with van der Waals surface area (Å²) in [5.41, 5.74) is 5.66. The number of furan rings is 1. The Hall–Kier alpha value is -2.53. The Balaban J connectivity index is 1.75. The molecule has 3 aromatic rings. The second-order valence-corrected chi connectivity index (χ2v) is 9.43.